The fourth-order valence-electron chi connectivity index (χ4n) is 3.47. The fraction of sp³-hybridized carbons (Fsp3) is 0.368. The fourth-order valence-corrected chi connectivity index (χ4v) is 3.47. The maximum atomic E-state index is 5.88. The van der Waals surface area contributed by atoms with E-state index in [-0.39, 0.29) is 6.10 Å². The number of hydrogen-bond donors (Lipinski definition) is 3. The van der Waals surface area contributed by atoms with Crippen molar-refractivity contribution in [2.24, 2.45) is 5.92 Å². The van der Waals surface area contributed by atoms with Gasteiger partial charge < -0.3 is 14.8 Å². The second kappa shape index (κ2) is 7.72. The number of ether oxygens (including phenoxy) is 2. The maximum absolute atomic E-state index is 5.88. The van der Waals surface area contributed by atoms with E-state index < -0.39 is 0 Å². The minimum absolute atomic E-state index is 0.117. The first kappa shape index (κ1) is 16.8. The largest absolute Gasteiger partial charge is 0.497 e. The number of H-pyrrole nitrogens is 2. The topological polar surface area (TPSA) is 87.8 Å². The Morgan fingerprint density at radius 3 is 2.88 bits per heavy atom. The lowest BCUT2D eigenvalue weighted by Crippen LogP contribution is -2.24. The molecule has 0 radical (unpaired) electrons. The highest BCUT2D eigenvalue weighted by atomic mass is 16.5. The monoisotopic (exact) mass is 353 g/mol. The molecule has 1 fully saturated rings. The molecule has 1 aliphatic rings. The molecule has 7 nitrogen and oxygen atoms in total. The van der Waals surface area contributed by atoms with E-state index in [0.717, 1.165) is 54.3 Å². The SMILES string of the molecule is COc1ccc(-c2[nH]ncc2CNC[C@H]2CCO[C@@H]2c2cn[nH]c2)cc1. The van der Waals surface area contributed by atoms with Crippen LogP contribution in [0.5, 0.6) is 5.75 Å². The van der Waals surface area contributed by atoms with Crippen LogP contribution < -0.4 is 10.1 Å². The van der Waals surface area contributed by atoms with Crippen LogP contribution in [0.4, 0.5) is 0 Å². The van der Waals surface area contributed by atoms with Crippen LogP contribution in [0.2, 0.25) is 0 Å². The van der Waals surface area contributed by atoms with Crippen LogP contribution in [0.3, 0.4) is 0 Å². The number of methoxy groups -OCH3 is 1. The van der Waals surface area contributed by atoms with Gasteiger partial charge in [0.2, 0.25) is 0 Å². The number of aromatic nitrogens is 4. The minimum atomic E-state index is 0.117. The second-order valence-corrected chi connectivity index (χ2v) is 6.50. The van der Waals surface area contributed by atoms with Crippen molar-refractivity contribution in [3.8, 4) is 17.0 Å². The number of nitrogens with zero attached hydrogens (tertiary/aromatic N) is 2. The highest BCUT2D eigenvalue weighted by Crippen LogP contribution is 2.33. The van der Waals surface area contributed by atoms with Gasteiger partial charge in [0.1, 0.15) is 5.75 Å². The first-order valence-electron chi connectivity index (χ1n) is 8.83. The van der Waals surface area contributed by atoms with Crippen LogP contribution in [0.1, 0.15) is 23.7 Å². The predicted molar refractivity (Wildman–Crippen MR) is 97.7 cm³/mol. The maximum Gasteiger partial charge on any atom is 0.118 e. The third-order valence-corrected chi connectivity index (χ3v) is 4.88. The highest BCUT2D eigenvalue weighted by molar-refractivity contribution is 5.63. The van der Waals surface area contributed by atoms with E-state index in [9.17, 15) is 0 Å². The van der Waals surface area contributed by atoms with Crippen LogP contribution in [-0.4, -0.2) is 40.7 Å². The lowest BCUT2D eigenvalue weighted by molar-refractivity contribution is 0.0905. The Bertz CT molecular complexity index is 813. The number of rotatable bonds is 7. The zero-order valence-corrected chi connectivity index (χ0v) is 14.7. The number of nitrogens with one attached hydrogen (secondary N) is 3. The summed E-state index contributed by atoms with van der Waals surface area (Å²) in [6.45, 7) is 2.44. The van der Waals surface area contributed by atoms with Crippen LogP contribution in [-0.2, 0) is 11.3 Å². The Balaban J connectivity index is 1.37. The van der Waals surface area contributed by atoms with Gasteiger partial charge in [0, 0.05) is 48.5 Å². The van der Waals surface area contributed by atoms with Crippen LogP contribution in [0.25, 0.3) is 11.3 Å². The lowest BCUT2D eigenvalue weighted by Gasteiger charge is -2.17. The Kier molecular flexibility index (Phi) is 4.99. The summed E-state index contributed by atoms with van der Waals surface area (Å²) in [6, 6.07) is 7.99. The van der Waals surface area contributed by atoms with Gasteiger partial charge in [-0.05, 0) is 30.7 Å². The van der Waals surface area contributed by atoms with Gasteiger partial charge in [-0.25, -0.2) is 0 Å². The number of benzene rings is 1. The van der Waals surface area contributed by atoms with E-state index in [0.29, 0.717) is 5.92 Å². The van der Waals surface area contributed by atoms with Gasteiger partial charge in [-0.3, -0.25) is 10.2 Å². The molecule has 3 N–H and O–H groups in total. The second-order valence-electron chi connectivity index (χ2n) is 6.50. The average Bonchev–Trinajstić information content (AvgIpc) is 3.43. The van der Waals surface area contributed by atoms with Crippen LogP contribution >= 0.6 is 0 Å². The van der Waals surface area contributed by atoms with Crippen molar-refractivity contribution in [2.45, 2.75) is 19.1 Å². The molecule has 4 rings (SSSR count). The summed E-state index contributed by atoms with van der Waals surface area (Å²) in [7, 11) is 1.67. The van der Waals surface area contributed by atoms with Crippen molar-refractivity contribution in [3.63, 3.8) is 0 Å². The van der Waals surface area contributed by atoms with Crippen LogP contribution in [0.15, 0.2) is 42.9 Å². The lowest BCUT2D eigenvalue weighted by atomic mass is 9.97. The highest BCUT2D eigenvalue weighted by Gasteiger charge is 2.29. The van der Waals surface area contributed by atoms with Crippen molar-refractivity contribution in [3.05, 3.63) is 54.0 Å². The third-order valence-electron chi connectivity index (χ3n) is 4.88. The normalized spacial score (nSPS) is 19.7. The van der Waals surface area contributed by atoms with Crippen molar-refractivity contribution >= 4 is 0 Å². The Labute approximate surface area is 152 Å². The molecular weight excluding hydrogens is 330 g/mol. The van der Waals surface area contributed by atoms with E-state index >= 15 is 0 Å². The van der Waals surface area contributed by atoms with Gasteiger partial charge in [0.15, 0.2) is 0 Å². The summed E-state index contributed by atoms with van der Waals surface area (Å²) < 4.78 is 11.1. The molecule has 0 bridgehead atoms. The smallest absolute Gasteiger partial charge is 0.118 e. The zero-order chi connectivity index (χ0) is 17.8. The van der Waals surface area contributed by atoms with Gasteiger partial charge >= 0.3 is 0 Å². The van der Waals surface area contributed by atoms with E-state index in [1.807, 2.05) is 42.9 Å². The quantitative estimate of drug-likeness (QED) is 0.608. The van der Waals surface area contributed by atoms with E-state index in [4.69, 9.17) is 9.47 Å². The minimum Gasteiger partial charge on any atom is -0.497 e. The van der Waals surface area contributed by atoms with Crippen molar-refractivity contribution in [1.82, 2.24) is 25.7 Å². The van der Waals surface area contributed by atoms with E-state index in [2.05, 4.69) is 25.7 Å². The summed E-state index contributed by atoms with van der Waals surface area (Å²) in [4.78, 5) is 0. The molecule has 7 heteroatoms. The Morgan fingerprint density at radius 2 is 2.12 bits per heavy atom. The molecule has 1 saturated heterocycles. The van der Waals surface area contributed by atoms with E-state index in [1.54, 1.807) is 7.11 Å². The van der Waals surface area contributed by atoms with Gasteiger partial charge in [-0.15, -0.1) is 0 Å². The molecule has 0 amide bonds. The zero-order valence-electron chi connectivity index (χ0n) is 14.7. The molecule has 0 unspecified atom stereocenters. The number of aromatic amines is 2. The predicted octanol–water partition coefficient (Wildman–Crippen LogP) is 2.68. The molecular formula is C19H23N5O2. The molecule has 1 aliphatic heterocycles. The van der Waals surface area contributed by atoms with Crippen molar-refractivity contribution in [2.75, 3.05) is 20.3 Å². The molecule has 3 aromatic rings. The summed E-state index contributed by atoms with van der Waals surface area (Å²) in [6.07, 6.45) is 6.82. The molecule has 2 atom stereocenters. The first-order chi connectivity index (χ1) is 12.8. The summed E-state index contributed by atoms with van der Waals surface area (Å²) >= 11 is 0. The molecule has 2 aromatic heterocycles. The summed E-state index contributed by atoms with van der Waals surface area (Å²) in [5.41, 5.74) is 4.40. The van der Waals surface area contributed by atoms with Gasteiger partial charge in [-0.1, -0.05) is 0 Å². The van der Waals surface area contributed by atoms with Crippen molar-refractivity contribution in [1.29, 1.82) is 0 Å². The van der Waals surface area contributed by atoms with Crippen LogP contribution in [0, 0.1) is 5.92 Å². The Hall–Kier alpha value is -2.64. The Morgan fingerprint density at radius 1 is 1.23 bits per heavy atom. The molecule has 0 saturated carbocycles. The molecule has 3 heterocycles. The van der Waals surface area contributed by atoms with E-state index in [1.165, 1.54) is 0 Å². The van der Waals surface area contributed by atoms with Crippen molar-refractivity contribution < 1.29 is 9.47 Å². The molecule has 0 aliphatic carbocycles. The standard InChI is InChI=1S/C19H23N5O2/c1-25-17-4-2-13(3-5-17)18-15(10-23-24-18)9-20-8-14-6-7-26-19(14)16-11-21-22-12-16/h2-5,10-12,14,19-20H,6-9H2,1H3,(H,21,22)(H,23,24)/t14-,19+/m1/s1. The molecule has 136 valence electrons. The molecule has 1 aromatic carbocycles. The third kappa shape index (κ3) is 3.49. The average molecular weight is 353 g/mol. The molecule has 26 heavy (non-hydrogen) atoms. The number of hydrogen-bond acceptors (Lipinski definition) is 5. The summed E-state index contributed by atoms with van der Waals surface area (Å²) in [5.74, 6) is 1.29. The van der Waals surface area contributed by atoms with Gasteiger partial charge in [0.05, 0.1) is 31.3 Å². The molecule has 0 spiro atoms. The van der Waals surface area contributed by atoms with Gasteiger partial charge in [-0.2, -0.15) is 10.2 Å². The first-order valence-corrected chi connectivity index (χ1v) is 8.83. The van der Waals surface area contributed by atoms with Gasteiger partial charge in [0.25, 0.3) is 0 Å². The summed E-state index contributed by atoms with van der Waals surface area (Å²) in [5, 5.41) is 17.8.